The molecule has 4 aromatic rings. The second-order valence-electron chi connectivity index (χ2n) is 12.6. The Balaban J connectivity index is 1.25. The summed E-state index contributed by atoms with van der Waals surface area (Å²) in [5.74, 6) is 2.23. The quantitative estimate of drug-likeness (QED) is 0.0808. The van der Waals surface area contributed by atoms with Gasteiger partial charge in [0.25, 0.3) is 0 Å². The highest BCUT2D eigenvalue weighted by molar-refractivity contribution is 7.19. The summed E-state index contributed by atoms with van der Waals surface area (Å²) in [5.41, 5.74) is 9.27. The lowest BCUT2D eigenvalue weighted by Crippen LogP contribution is -2.35. The highest BCUT2D eigenvalue weighted by atomic mass is 32.1. The number of thiophene rings is 1. The SMILES string of the molecule is CCCCCCc1cc(-c2ccc3c(c2)C2C4CCC(C4)C2N3c2ccccc2)sc1-c1ccc(/C=C(\C#N)C=O)cc1. The van der Waals surface area contributed by atoms with E-state index >= 15 is 0 Å². The molecule has 2 bridgehead atoms. The van der Waals surface area contributed by atoms with Crippen LogP contribution in [0.25, 0.3) is 27.0 Å². The van der Waals surface area contributed by atoms with Crippen LogP contribution in [-0.4, -0.2) is 12.3 Å². The molecule has 0 N–H and O–H groups in total. The molecule has 2 saturated carbocycles. The molecule has 2 fully saturated rings. The lowest BCUT2D eigenvalue weighted by molar-refractivity contribution is -0.104. The van der Waals surface area contributed by atoms with E-state index in [-0.39, 0.29) is 5.57 Å². The molecule has 4 heteroatoms. The highest BCUT2D eigenvalue weighted by Gasteiger charge is 2.55. The Morgan fingerprint density at radius 3 is 2.51 bits per heavy atom. The average molecular weight is 583 g/mol. The van der Waals surface area contributed by atoms with Crippen LogP contribution in [0.2, 0.25) is 0 Å². The van der Waals surface area contributed by atoms with Crippen molar-refractivity contribution in [3.8, 4) is 27.0 Å². The zero-order valence-corrected chi connectivity index (χ0v) is 25.7. The molecular formula is C39H38N2OS. The molecule has 216 valence electrons. The third kappa shape index (κ3) is 5.15. The maximum Gasteiger partial charge on any atom is 0.160 e. The largest absolute Gasteiger partial charge is 0.337 e. The molecule has 0 radical (unpaired) electrons. The number of hydrogen-bond acceptors (Lipinski definition) is 4. The Labute approximate surface area is 259 Å². The minimum Gasteiger partial charge on any atom is -0.337 e. The third-order valence-corrected chi connectivity index (χ3v) is 11.3. The fourth-order valence-corrected chi connectivity index (χ4v) is 9.28. The molecule has 1 aliphatic heterocycles. The number of unbranched alkanes of at least 4 members (excludes halogenated alkanes) is 3. The number of fused-ring (bicyclic) bond motifs is 7. The molecular weight excluding hydrogens is 545 g/mol. The normalized spacial score (nSPS) is 22.0. The van der Waals surface area contributed by atoms with Crippen LogP contribution in [0.3, 0.4) is 0 Å². The molecule has 2 aliphatic carbocycles. The number of hydrogen-bond donors (Lipinski definition) is 0. The predicted molar refractivity (Wildman–Crippen MR) is 179 cm³/mol. The fourth-order valence-electron chi connectivity index (χ4n) is 8.07. The molecule has 7 rings (SSSR count). The van der Waals surface area contributed by atoms with Gasteiger partial charge in [0, 0.05) is 33.1 Å². The molecule has 1 aromatic heterocycles. The molecule has 2 heterocycles. The van der Waals surface area contributed by atoms with E-state index in [4.69, 9.17) is 5.26 Å². The zero-order chi connectivity index (χ0) is 29.3. The molecule has 3 aliphatic rings. The van der Waals surface area contributed by atoms with Crippen molar-refractivity contribution in [1.82, 2.24) is 0 Å². The molecule has 0 saturated heterocycles. The fraction of sp³-hybridized carbons (Fsp3) is 0.333. The van der Waals surface area contributed by atoms with Crippen molar-refractivity contribution < 1.29 is 4.79 Å². The van der Waals surface area contributed by atoms with E-state index in [0.29, 0.717) is 18.2 Å². The van der Waals surface area contributed by atoms with E-state index < -0.39 is 0 Å². The van der Waals surface area contributed by atoms with Crippen LogP contribution in [0.15, 0.2) is 84.4 Å². The van der Waals surface area contributed by atoms with Crippen molar-refractivity contribution >= 4 is 35.1 Å². The summed E-state index contributed by atoms with van der Waals surface area (Å²) in [5, 5.41) is 9.15. The topological polar surface area (TPSA) is 44.1 Å². The minimum atomic E-state index is 0.142. The Bertz CT molecular complexity index is 1690. The minimum absolute atomic E-state index is 0.142. The first-order valence-corrected chi connectivity index (χ1v) is 16.8. The van der Waals surface area contributed by atoms with Crippen molar-refractivity contribution in [2.75, 3.05) is 4.90 Å². The van der Waals surface area contributed by atoms with Crippen molar-refractivity contribution in [3.63, 3.8) is 0 Å². The summed E-state index contributed by atoms with van der Waals surface area (Å²) < 4.78 is 0. The van der Waals surface area contributed by atoms with Crippen LogP contribution in [0, 0.1) is 23.2 Å². The van der Waals surface area contributed by atoms with Gasteiger partial charge in [0.05, 0.1) is 5.57 Å². The number of benzene rings is 3. The van der Waals surface area contributed by atoms with Gasteiger partial charge >= 0.3 is 0 Å². The lowest BCUT2D eigenvalue weighted by Gasteiger charge is -2.33. The van der Waals surface area contributed by atoms with Gasteiger partial charge in [0.1, 0.15) is 6.07 Å². The Morgan fingerprint density at radius 1 is 0.953 bits per heavy atom. The molecule has 4 unspecified atom stereocenters. The van der Waals surface area contributed by atoms with Crippen LogP contribution in [0.1, 0.15) is 74.5 Å². The summed E-state index contributed by atoms with van der Waals surface area (Å²) in [6.07, 6.45) is 12.4. The molecule has 3 nitrogen and oxygen atoms in total. The van der Waals surface area contributed by atoms with Gasteiger partial charge in [0.15, 0.2) is 6.29 Å². The molecule has 3 aromatic carbocycles. The van der Waals surface area contributed by atoms with Crippen molar-refractivity contribution in [2.24, 2.45) is 11.8 Å². The number of nitriles is 1. The second-order valence-corrected chi connectivity index (χ2v) is 13.6. The van der Waals surface area contributed by atoms with Crippen LogP contribution in [0.5, 0.6) is 0 Å². The maximum absolute atomic E-state index is 11.1. The lowest BCUT2D eigenvalue weighted by atomic mass is 9.81. The van der Waals surface area contributed by atoms with Crippen molar-refractivity contribution in [2.45, 2.75) is 70.3 Å². The zero-order valence-electron chi connectivity index (χ0n) is 24.8. The van der Waals surface area contributed by atoms with Crippen LogP contribution >= 0.6 is 11.3 Å². The first kappa shape index (κ1) is 27.9. The smallest absolute Gasteiger partial charge is 0.160 e. The van der Waals surface area contributed by atoms with Gasteiger partial charge in [-0.1, -0.05) is 74.7 Å². The number of para-hydroxylation sites is 1. The third-order valence-electron chi connectivity index (χ3n) is 10.00. The van der Waals surface area contributed by atoms with Crippen molar-refractivity contribution in [1.29, 1.82) is 5.26 Å². The van der Waals surface area contributed by atoms with Gasteiger partial charge in [-0.2, -0.15) is 5.26 Å². The van der Waals surface area contributed by atoms with E-state index in [2.05, 4.69) is 78.6 Å². The van der Waals surface area contributed by atoms with Gasteiger partial charge in [-0.25, -0.2) is 0 Å². The number of anilines is 2. The first-order chi connectivity index (χ1) is 21.2. The van der Waals surface area contributed by atoms with E-state index in [1.54, 1.807) is 11.6 Å². The number of carbonyl (C=O) groups is 1. The number of aldehydes is 1. The number of nitrogens with zero attached hydrogens (tertiary/aromatic N) is 2. The molecule has 43 heavy (non-hydrogen) atoms. The van der Waals surface area contributed by atoms with Gasteiger partial charge < -0.3 is 4.90 Å². The Kier molecular flexibility index (Phi) is 7.76. The van der Waals surface area contributed by atoms with E-state index in [1.807, 2.05) is 29.5 Å². The van der Waals surface area contributed by atoms with Gasteiger partial charge in [-0.15, -0.1) is 11.3 Å². The second kappa shape index (κ2) is 12.0. The number of carbonyl (C=O) groups excluding carboxylic acids is 1. The molecule has 4 atom stereocenters. The Hall–Kier alpha value is -3.94. The number of allylic oxidation sites excluding steroid dienone is 1. The summed E-state index contributed by atoms with van der Waals surface area (Å²) in [6, 6.07) is 31.6. The predicted octanol–water partition coefficient (Wildman–Crippen LogP) is 10.3. The van der Waals surface area contributed by atoms with E-state index in [9.17, 15) is 4.79 Å². The summed E-state index contributed by atoms with van der Waals surface area (Å²) in [6.45, 7) is 2.26. The molecule has 0 amide bonds. The first-order valence-electron chi connectivity index (χ1n) is 16.0. The monoisotopic (exact) mass is 582 g/mol. The van der Waals surface area contributed by atoms with Crippen molar-refractivity contribution in [3.05, 3.63) is 101 Å². The van der Waals surface area contributed by atoms with Gasteiger partial charge in [-0.3, -0.25) is 4.79 Å². The van der Waals surface area contributed by atoms with Crippen LogP contribution in [0.4, 0.5) is 11.4 Å². The summed E-state index contributed by atoms with van der Waals surface area (Å²) in [4.78, 5) is 16.5. The number of rotatable bonds is 10. The van der Waals surface area contributed by atoms with E-state index in [0.717, 1.165) is 23.8 Å². The van der Waals surface area contributed by atoms with Crippen LogP contribution in [-0.2, 0) is 11.2 Å². The molecule has 0 spiro atoms. The highest BCUT2D eigenvalue weighted by Crippen LogP contribution is 2.62. The maximum atomic E-state index is 11.1. The Morgan fingerprint density at radius 2 is 1.74 bits per heavy atom. The summed E-state index contributed by atoms with van der Waals surface area (Å²) >= 11 is 1.90. The van der Waals surface area contributed by atoms with E-state index in [1.165, 1.54) is 82.8 Å². The average Bonchev–Trinajstić information content (AvgIpc) is 3.84. The van der Waals surface area contributed by atoms with Gasteiger partial charge in [0.2, 0.25) is 0 Å². The van der Waals surface area contributed by atoms with Crippen LogP contribution < -0.4 is 4.90 Å². The number of aryl methyl sites for hydroxylation is 1. The van der Waals surface area contributed by atoms with Gasteiger partial charge in [-0.05, 0) is 108 Å². The summed E-state index contributed by atoms with van der Waals surface area (Å²) in [7, 11) is 0. The standard InChI is InChI=1S/C39H38N2OS/c1-2-3-4-6-9-32-23-36(43-39(32)28-14-12-26(13-15-28)20-27(24-40)25-42)29-18-19-35-34(22-29)37-30-16-17-31(21-30)38(37)41(35)33-10-7-5-8-11-33/h5,7-8,10-15,18-20,22-23,25,30-31,37-38H,2-4,6,9,16-17,21H2,1H3/b27-20+.